The monoisotopic (exact) mass is 134 g/mol. The molecule has 4 atom stereocenters. The van der Waals surface area contributed by atoms with Crippen LogP contribution in [-0.2, 0) is 0 Å². The maximum Gasteiger partial charge on any atom is -0.0142 e. The van der Waals surface area contributed by atoms with E-state index in [-0.39, 0.29) is 0 Å². The highest BCUT2D eigenvalue weighted by Gasteiger charge is 2.39. The van der Waals surface area contributed by atoms with Gasteiger partial charge < -0.3 is 0 Å². The highest BCUT2D eigenvalue weighted by Crippen LogP contribution is 2.47. The highest BCUT2D eigenvalue weighted by atomic mass is 14.4. The molecule has 0 unspecified atom stereocenters. The molecule has 2 aliphatic carbocycles. The summed E-state index contributed by atoms with van der Waals surface area (Å²) < 4.78 is 0. The van der Waals surface area contributed by atoms with E-state index >= 15 is 0 Å². The Hall–Kier alpha value is -0.520. The fourth-order valence-electron chi connectivity index (χ4n) is 2.50. The van der Waals surface area contributed by atoms with Crippen LogP contribution in [0.3, 0.4) is 0 Å². The molecule has 0 heterocycles. The van der Waals surface area contributed by atoms with Crippen molar-refractivity contribution in [3.8, 4) is 0 Å². The molecule has 1 fully saturated rings. The molecule has 0 radical (unpaired) electrons. The molecule has 0 aromatic carbocycles. The first-order chi connectivity index (χ1) is 4.83. The molecule has 2 rings (SSSR count). The van der Waals surface area contributed by atoms with E-state index < -0.39 is 0 Å². The topological polar surface area (TPSA) is 0 Å². The van der Waals surface area contributed by atoms with Crippen molar-refractivity contribution in [3.05, 3.63) is 24.8 Å². The van der Waals surface area contributed by atoms with Gasteiger partial charge >= 0.3 is 0 Å². The van der Waals surface area contributed by atoms with Gasteiger partial charge in [0.1, 0.15) is 0 Å². The summed E-state index contributed by atoms with van der Waals surface area (Å²) in [5, 5.41) is 0. The summed E-state index contributed by atoms with van der Waals surface area (Å²) in [5.74, 6) is 3.33. The molecule has 0 spiro atoms. The van der Waals surface area contributed by atoms with E-state index in [1.165, 1.54) is 6.42 Å². The second kappa shape index (κ2) is 1.98. The minimum Gasteiger partial charge on any atom is -0.103 e. The molecule has 0 amide bonds. The zero-order valence-corrected chi connectivity index (χ0v) is 6.46. The summed E-state index contributed by atoms with van der Waals surface area (Å²) in [6, 6.07) is 0. The van der Waals surface area contributed by atoms with Crippen LogP contribution < -0.4 is 0 Å². The maximum absolute atomic E-state index is 3.88. The van der Waals surface area contributed by atoms with Gasteiger partial charge in [0.15, 0.2) is 0 Å². The Kier molecular flexibility index (Phi) is 1.23. The largest absolute Gasteiger partial charge is 0.103 e. The van der Waals surface area contributed by atoms with Crippen LogP contribution in [0.15, 0.2) is 24.8 Å². The lowest BCUT2D eigenvalue weighted by Gasteiger charge is -2.20. The van der Waals surface area contributed by atoms with Crippen molar-refractivity contribution in [1.82, 2.24) is 0 Å². The van der Waals surface area contributed by atoms with Gasteiger partial charge in [-0.2, -0.15) is 0 Å². The second-order valence-corrected chi connectivity index (χ2v) is 3.62. The van der Waals surface area contributed by atoms with Crippen LogP contribution in [0.5, 0.6) is 0 Å². The van der Waals surface area contributed by atoms with Crippen molar-refractivity contribution in [2.45, 2.75) is 13.3 Å². The third-order valence-electron chi connectivity index (χ3n) is 3.20. The Morgan fingerprint density at radius 1 is 1.40 bits per heavy atom. The van der Waals surface area contributed by atoms with Crippen molar-refractivity contribution < 1.29 is 0 Å². The van der Waals surface area contributed by atoms with Crippen molar-refractivity contribution >= 4 is 0 Å². The van der Waals surface area contributed by atoms with Crippen LogP contribution in [0.2, 0.25) is 0 Å². The van der Waals surface area contributed by atoms with Gasteiger partial charge in [0.25, 0.3) is 0 Å². The molecule has 2 bridgehead atoms. The molecule has 0 aromatic heterocycles. The Balaban J connectivity index is 2.25. The van der Waals surface area contributed by atoms with E-state index in [9.17, 15) is 0 Å². The van der Waals surface area contributed by atoms with E-state index in [1.807, 2.05) is 0 Å². The Labute approximate surface area is 62.6 Å². The van der Waals surface area contributed by atoms with E-state index in [1.54, 1.807) is 0 Å². The molecule has 0 aliphatic heterocycles. The molecule has 0 saturated heterocycles. The third-order valence-corrected chi connectivity index (χ3v) is 3.20. The molecule has 0 N–H and O–H groups in total. The van der Waals surface area contributed by atoms with Gasteiger partial charge in [0, 0.05) is 0 Å². The van der Waals surface area contributed by atoms with Gasteiger partial charge in [-0.15, -0.1) is 6.58 Å². The third kappa shape index (κ3) is 0.622. The number of fused-ring (bicyclic) bond motifs is 2. The molecular weight excluding hydrogens is 120 g/mol. The number of hydrogen-bond acceptors (Lipinski definition) is 0. The summed E-state index contributed by atoms with van der Waals surface area (Å²) in [6.45, 7) is 6.23. The quantitative estimate of drug-likeness (QED) is 0.484. The van der Waals surface area contributed by atoms with Gasteiger partial charge in [-0.3, -0.25) is 0 Å². The van der Waals surface area contributed by atoms with Crippen LogP contribution in [0.1, 0.15) is 13.3 Å². The molecule has 54 valence electrons. The highest BCUT2D eigenvalue weighted by molar-refractivity contribution is 5.15. The Morgan fingerprint density at radius 2 is 2.10 bits per heavy atom. The van der Waals surface area contributed by atoms with Gasteiger partial charge in [-0.1, -0.05) is 25.2 Å². The molecule has 0 nitrogen and oxygen atoms in total. The van der Waals surface area contributed by atoms with E-state index in [0.29, 0.717) is 0 Å². The smallest absolute Gasteiger partial charge is 0.0142 e. The molecule has 1 saturated carbocycles. The summed E-state index contributed by atoms with van der Waals surface area (Å²) in [7, 11) is 0. The van der Waals surface area contributed by atoms with Gasteiger partial charge in [0.2, 0.25) is 0 Å². The fourth-order valence-corrected chi connectivity index (χ4v) is 2.50. The molecular formula is C10H14. The van der Waals surface area contributed by atoms with Crippen LogP contribution in [-0.4, -0.2) is 0 Å². The van der Waals surface area contributed by atoms with Crippen molar-refractivity contribution in [2.75, 3.05) is 0 Å². The average molecular weight is 134 g/mol. The number of rotatable bonds is 1. The van der Waals surface area contributed by atoms with Crippen LogP contribution in [0, 0.1) is 23.7 Å². The normalized spacial score (nSPS) is 50.1. The van der Waals surface area contributed by atoms with Gasteiger partial charge in [-0.25, -0.2) is 0 Å². The molecule has 0 aromatic rings. The van der Waals surface area contributed by atoms with Gasteiger partial charge in [-0.05, 0) is 30.1 Å². The zero-order chi connectivity index (χ0) is 7.14. The Morgan fingerprint density at radius 3 is 2.50 bits per heavy atom. The second-order valence-electron chi connectivity index (χ2n) is 3.62. The fraction of sp³-hybridized carbons (Fsp3) is 0.600. The average Bonchev–Trinajstić information content (AvgIpc) is 2.46. The SMILES string of the molecule is C=C[C@H]1[C@@H](C)[C@H]2C=C[C@@H]1C2. The first-order valence-corrected chi connectivity index (χ1v) is 4.14. The number of allylic oxidation sites excluding steroid dienone is 3. The summed E-state index contributed by atoms with van der Waals surface area (Å²) >= 11 is 0. The molecule has 2 aliphatic rings. The van der Waals surface area contributed by atoms with Gasteiger partial charge in [0.05, 0.1) is 0 Å². The standard InChI is InChI=1S/C10H14/c1-3-10-7(2)8-4-5-9(10)6-8/h3-5,7-10H,1,6H2,2H3/t7-,8-,9+,10-/m0/s1. The van der Waals surface area contributed by atoms with E-state index in [4.69, 9.17) is 0 Å². The predicted molar refractivity (Wildman–Crippen MR) is 43.6 cm³/mol. The van der Waals surface area contributed by atoms with E-state index in [2.05, 4.69) is 31.7 Å². The van der Waals surface area contributed by atoms with Crippen LogP contribution in [0.25, 0.3) is 0 Å². The molecule has 10 heavy (non-hydrogen) atoms. The lowest BCUT2D eigenvalue weighted by Crippen LogP contribution is -2.13. The maximum atomic E-state index is 3.88. The predicted octanol–water partition coefficient (Wildman–Crippen LogP) is 2.63. The first kappa shape index (κ1) is 6.21. The number of hydrogen-bond donors (Lipinski definition) is 0. The lowest BCUT2D eigenvalue weighted by molar-refractivity contribution is 0.404. The van der Waals surface area contributed by atoms with Crippen LogP contribution in [0.4, 0.5) is 0 Å². The van der Waals surface area contributed by atoms with Crippen molar-refractivity contribution in [3.63, 3.8) is 0 Å². The van der Waals surface area contributed by atoms with E-state index in [0.717, 1.165) is 23.7 Å². The first-order valence-electron chi connectivity index (χ1n) is 4.14. The lowest BCUT2D eigenvalue weighted by atomic mass is 9.85. The minimum atomic E-state index is 0.773. The summed E-state index contributed by atoms with van der Waals surface area (Å²) in [6.07, 6.45) is 8.28. The van der Waals surface area contributed by atoms with Crippen LogP contribution >= 0.6 is 0 Å². The minimum absolute atomic E-state index is 0.773. The summed E-state index contributed by atoms with van der Waals surface area (Å²) in [4.78, 5) is 0. The molecule has 0 heteroatoms. The zero-order valence-electron chi connectivity index (χ0n) is 6.46. The summed E-state index contributed by atoms with van der Waals surface area (Å²) in [5.41, 5.74) is 0. The van der Waals surface area contributed by atoms with Crippen molar-refractivity contribution in [1.29, 1.82) is 0 Å². The van der Waals surface area contributed by atoms with Crippen molar-refractivity contribution in [2.24, 2.45) is 23.7 Å². The Bertz CT molecular complexity index is 178.